The minimum atomic E-state index is -4.46. The first-order chi connectivity index (χ1) is 10.8. The van der Waals surface area contributed by atoms with Crippen molar-refractivity contribution in [3.05, 3.63) is 34.4 Å². The summed E-state index contributed by atoms with van der Waals surface area (Å²) < 4.78 is 40.0. The van der Waals surface area contributed by atoms with Crippen molar-refractivity contribution in [1.82, 2.24) is 20.2 Å². The number of halogens is 3. The number of aromatic nitrogens is 4. The largest absolute Gasteiger partial charge is 0.858 e. The number of alkyl halides is 3. The highest BCUT2D eigenvalue weighted by atomic mass is 19.4. The molecule has 9 heteroatoms. The Morgan fingerprint density at radius 2 is 1.92 bits per heavy atom. The first-order valence-corrected chi connectivity index (χ1v) is 6.95. The summed E-state index contributed by atoms with van der Waals surface area (Å²) in [6.07, 6.45) is -3.71. The number of hydrogen-bond donors (Lipinski definition) is 0. The van der Waals surface area contributed by atoms with Gasteiger partial charge < -0.3 is 5.11 Å². The van der Waals surface area contributed by atoms with Gasteiger partial charge in [0, 0.05) is 6.54 Å². The van der Waals surface area contributed by atoms with Gasteiger partial charge in [-0.1, -0.05) is 25.5 Å². The lowest BCUT2D eigenvalue weighted by atomic mass is 9.97. The van der Waals surface area contributed by atoms with Crippen LogP contribution in [0.2, 0.25) is 0 Å². The molecule has 132 valence electrons. The van der Waals surface area contributed by atoms with Crippen LogP contribution >= 0.6 is 0 Å². The van der Waals surface area contributed by atoms with E-state index in [4.69, 9.17) is 0 Å². The molecule has 2 aromatic rings. The van der Waals surface area contributed by atoms with Gasteiger partial charge in [-0.3, -0.25) is 0 Å². The summed E-state index contributed by atoms with van der Waals surface area (Å²) in [5.74, 6) is -0.639. The summed E-state index contributed by atoms with van der Waals surface area (Å²) in [6, 6.07) is 2.02. The molecule has 24 heavy (non-hydrogen) atoms. The summed E-state index contributed by atoms with van der Waals surface area (Å²) in [5.41, 5.74) is -0.418. The second kappa shape index (κ2) is 7.41. The summed E-state index contributed by atoms with van der Waals surface area (Å²) in [6.45, 7) is 5.19. The molecule has 0 spiro atoms. The zero-order valence-electron chi connectivity index (χ0n) is 12.8. The molecular weight excluding hydrogens is 323 g/mol. The van der Waals surface area contributed by atoms with Crippen molar-refractivity contribution in [2.75, 3.05) is 0 Å². The lowest BCUT2D eigenvalue weighted by molar-refractivity contribution is -0.212. The molecule has 1 heterocycles. The molecule has 0 bridgehead atoms. The normalized spacial score (nSPS) is 12.2. The number of aryl methyl sites for hydroxylation is 1. The fourth-order valence-corrected chi connectivity index (χ4v) is 2.15. The number of nitrogens with zero attached hydrogens (tertiary/aromatic N) is 5. The lowest BCUT2D eigenvalue weighted by Gasteiger charge is -2.18. The highest BCUT2D eigenvalue weighted by Crippen LogP contribution is 2.33. The van der Waals surface area contributed by atoms with Crippen LogP contribution < -0.4 is 5.11 Å². The zero-order chi connectivity index (χ0) is 17.2. The van der Waals surface area contributed by atoms with E-state index in [1.54, 1.807) is 0 Å². The van der Waals surface area contributed by atoms with E-state index in [1.807, 2.05) is 6.92 Å². The van der Waals surface area contributed by atoms with Crippen molar-refractivity contribution in [2.45, 2.75) is 47.3 Å². The summed E-state index contributed by atoms with van der Waals surface area (Å²) in [4.78, 5) is 3.81. The van der Waals surface area contributed by atoms with E-state index >= 15 is 0 Å². The molecule has 1 aromatic carbocycles. The molecule has 0 unspecified atom stereocenters. The average molecular weight is 342 g/mol. The topological polar surface area (TPSA) is 79.0 Å². The van der Waals surface area contributed by atoms with E-state index in [9.17, 15) is 18.3 Å². The lowest BCUT2D eigenvalue weighted by Crippen LogP contribution is -2.21. The maximum absolute atomic E-state index is 12.9. The van der Waals surface area contributed by atoms with Gasteiger partial charge in [0.05, 0.1) is 5.56 Å². The maximum atomic E-state index is 12.9. The number of benzene rings is 1. The van der Waals surface area contributed by atoms with Crippen LogP contribution in [0.1, 0.15) is 43.0 Å². The predicted molar refractivity (Wildman–Crippen MR) is 82.0 cm³/mol. The Labute approximate surface area is 138 Å². The molecule has 0 aliphatic carbocycles. The highest BCUT2D eigenvalue weighted by molar-refractivity contribution is 5.93. The van der Waals surface area contributed by atoms with Crippen LogP contribution in [0.25, 0.3) is 0 Å². The van der Waals surface area contributed by atoms with Crippen LogP contribution in [0.4, 0.5) is 19.1 Å². The molecule has 0 radical (unpaired) electrons. The molecule has 1 aromatic heterocycles. The van der Waals surface area contributed by atoms with Crippen molar-refractivity contribution < 1.29 is 18.3 Å². The molecule has 0 aliphatic heterocycles. The molecule has 0 atom stereocenters. The van der Waals surface area contributed by atoms with E-state index in [0.29, 0.717) is 6.54 Å². The number of rotatable bonds is 4. The monoisotopic (exact) mass is 342 g/mol. The van der Waals surface area contributed by atoms with Crippen LogP contribution in [0.15, 0.2) is 17.1 Å². The van der Waals surface area contributed by atoms with E-state index < -0.39 is 17.6 Å². The minimum absolute atomic E-state index is 0. The predicted octanol–water partition coefficient (Wildman–Crippen LogP) is 2.79. The fourth-order valence-electron chi connectivity index (χ4n) is 2.15. The van der Waals surface area contributed by atoms with Gasteiger partial charge in [-0.15, -0.1) is 0 Å². The van der Waals surface area contributed by atoms with Crippen molar-refractivity contribution in [3.8, 4) is 0 Å². The van der Waals surface area contributed by atoms with E-state index in [-0.39, 0.29) is 30.1 Å². The highest BCUT2D eigenvalue weighted by Gasteiger charge is 2.33. The van der Waals surface area contributed by atoms with E-state index in [2.05, 4.69) is 20.5 Å². The van der Waals surface area contributed by atoms with Gasteiger partial charge in [0.1, 0.15) is 0 Å². The molecule has 0 saturated heterocycles. The molecule has 0 fully saturated rings. The third-order valence-corrected chi connectivity index (χ3v) is 3.47. The Balaban J connectivity index is 0.00000288. The van der Waals surface area contributed by atoms with Crippen LogP contribution in [-0.4, -0.2) is 26.1 Å². The van der Waals surface area contributed by atoms with Gasteiger partial charge in [-0.05, 0) is 59.3 Å². The van der Waals surface area contributed by atoms with Crippen molar-refractivity contribution in [2.24, 2.45) is 4.99 Å². The van der Waals surface area contributed by atoms with E-state index in [1.165, 1.54) is 18.5 Å². The first-order valence-electron chi connectivity index (χ1n) is 6.95. The van der Waals surface area contributed by atoms with Gasteiger partial charge in [0.25, 0.3) is 5.95 Å². The van der Waals surface area contributed by atoms with Gasteiger partial charge in [0.2, 0.25) is 0 Å². The molecule has 0 amide bonds. The van der Waals surface area contributed by atoms with Crippen LogP contribution in [0.5, 0.6) is 0 Å². The van der Waals surface area contributed by atoms with Crippen LogP contribution in [0.3, 0.4) is 0 Å². The Morgan fingerprint density at radius 1 is 1.25 bits per heavy atom. The Morgan fingerprint density at radius 3 is 2.50 bits per heavy atom. The molecule has 2 rings (SSSR count). The number of hydrogen-bond acceptors (Lipinski definition) is 5. The number of tetrazole rings is 1. The Bertz CT molecular complexity index is 737. The maximum Gasteiger partial charge on any atom is 0.416 e. The molecule has 0 aliphatic rings. The Hall–Kier alpha value is -2.45. The van der Waals surface area contributed by atoms with Crippen LogP contribution in [0, 0.1) is 13.8 Å². The summed E-state index contributed by atoms with van der Waals surface area (Å²) in [5, 5.41) is 23.0. The standard InChI is InChI=1S/C14H16F3N5O.CH4/c1-4-7-22-13(19-20-21-22)18-12(23)10-5-6-11(14(15,16)17)9(3)8(10)2;/h5-6H,4,7H2,1-3H3,(H,18,19,21,23);1H4/p-1. The molecule has 6 nitrogen and oxygen atoms in total. The Kier molecular flexibility index (Phi) is 6.05. The first kappa shape index (κ1) is 19.6. The zero-order valence-corrected chi connectivity index (χ0v) is 12.8. The SMILES string of the molecule is C.CCCn1nnnc1N=C([O-])c1ccc(C(F)(F)F)c(C)c1C. The van der Waals surface area contributed by atoms with Gasteiger partial charge >= 0.3 is 6.18 Å². The quantitative estimate of drug-likeness (QED) is 0.632. The van der Waals surface area contributed by atoms with E-state index in [0.717, 1.165) is 18.6 Å². The summed E-state index contributed by atoms with van der Waals surface area (Å²) >= 11 is 0. The third kappa shape index (κ3) is 3.90. The van der Waals surface area contributed by atoms with Gasteiger partial charge in [-0.25, -0.2) is 9.67 Å². The second-order valence-electron chi connectivity index (χ2n) is 5.03. The molecular formula is C15H19F3N5O-. The van der Waals surface area contributed by atoms with Gasteiger partial charge in [-0.2, -0.15) is 13.2 Å². The average Bonchev–Trinajstić information content (AvgIpc) is 2.88. The minimum Gasteiger partial charge on any atom is -0.858 e. The smallest absolute Gasteiger partial charge is 0.416 e. The van der Waals surface area contributed by atoms with Gasteiger partial charge in [0.15, 0.2) is 0 Å². The molecule has 0 N–H and O–H groups in total. The fraction of sp³-hybridized carbons (Fsp3) is 0.467. The number of aliphatic imine (C=N–C) groups is 1. The van der Waals surface area contributed by atoms with Crippen LogP contribution in [-0.2, 0) is 12.7 Å². The van der Waals surface area contributed by atoms with Crippen molar-refractivity contribution >= 4 is 11.8 Å². The third-order valence-electron chi connectivity index (χ3n) is 3.47. The second-order valence-corrected chi connectivity index (χ2v) is 5.03. The van der Waals surface area contributed by atoms with Crippen molar-refractivity contribution in [3.63, 3.8) is 0 Å². The van der Waals surface area contributed by atoms with Crippen molar-refractivity contribution in [1.29, 1.82) is 0 Å². The molecule has 0 saturated carbocycles. The summed E-state index contributed by atoms with van der Waals surface area (Å²) in [7, 11) is 0.